The Morgan fingerprint density at radius 3 is 1.72 bits per heavy atom. The number of fused-ring (bicyclic) bond motifs is 1. The topological polar surface area (TPSA) is 242 Å². The number of hydrogen-bond donors (Lipinski definition) is 4. The lowest BCUT2D eigenvalue weighted by Crippen LogP contribution is -2.30. The van der Waals surface area contributed by atoms with Gasteiger partial charge >= 0.3 is 0 Å². The summed E-state index contributed by atoms with van der Waals surface area (Å²) in [6.07, 6.45) is 0. The zero-order valence-electron chi connectivity index (χ0n) is 26.6. The van der Waals surface area contributed by atoms with Gasteiger partial charge in [-0.25, -0.2) is 8.42 Å². The van der Waals surface area contributed by atoms with Crippen molar-refractivity contribution in [3.05, 3.63) is 96.1 Å². The molecule has 260 valence electrons. The van der Waals surface area contributed by atoms with E-state index in [0.717, 1.165) is 28.1 Å². The summed E-state index contributed by atoms with van der Waals surface area (Å²) in [5, 5.41) is 27.8. The largest absolute Gasteiger partial charge is 0.505 e. The van der Waals surface area contributed by atoms with Gasteiger partial charge in [0.15, 0.2) is 5.75 Å². The monoisotopic (exact) mass is 738 g/mol. The number of nitrogens with two attached hydrogens (primary N) is 1. The Morgan fingerprint density at radius 2 is 1.20 bits per heavy atom. The van der Waals surface area contributed by atoms with Gasteiger partial charge in [-0.1, -0.05) is 17.7 Å². The van der Waals surface area contributed by atoms with Crippen molar-refractivity contribution in [2.75, 3.05) is 16.6 Å². The molecular weight excluding hydrogens is 709 g/mol. The number of azo groups is 2. The van der Waals surface area contributed by atoms with Crippen molar-refractivity contribution in [3.63, 3.8) is 0 Å². The second-order valence-corrected chi connectivity index (χ2v) is 15.6. The zero-order chi connectivity index (χ0) is 36.6. The molecular formula is C32H30N6O9S3. The fraction of sp³-hybridized carbons (Fsp3) is 0.125. The number of nitrogen functional groups attached to an aromatic ring is 1. The fourth-order valence-electron chi connectivity index (χ4n) is 5.02. The third-order valence-electron chi connectivity index (χ3n) is 7.52. The van der Waals surface area contributed by atoms with Gasteiger partial charge in [-0.15, -0.1) is 10.2 Å². The number of aryl methyl sites for hydroxylation is 2. The molecule has 5 aromatic carbocycles. The number of phenolic OH excluding ortho intramolecular Hbond substituents is 1. The maximum Gasteiger partial charge on any atom is 0.296 e. The van der Waals surface area contributed by atoms with Crippen LogP contribution in [0.3, 0.4) is 0 Å². The minimum atomic E-state index is -4.94. The van der Waals surface area contributed by atoms with E-state index in [1.165, 1.54) is 42.5 Å². The smallest absolute Gasteiger partial charge is 0.296 e. The van der Waals surface area contributed by atoms with Crippen LogP contribution in [-0.2, 0) is 30.3 Å². The lowest BCUT2D eigenvalue weighted by molar-refractivity contribution is 0.472. The Labute approximate surface area is 288 Å². The quantitative estimate of drug-likeness (QED) is 0.0633. The average Bonchev–Trinajstić information content (AvgIpc) is 3.04. The van der Waals surface area contributed by atoms with Crippen LogP contribution in [0.4, 0.5) is 34.1 Å². The van der Waals surface area contributed by atoms with Gasteiger partial charge in [-0.3, -0.25) is 13.4 Å². The summed E-state index contributed by atoms with van der Waals surface area (Å²) >= 11 is 0. The Morgan fingerprint density at radius 1 is 0.680 bits per heavy atom. The van der Waals surface area contributed by atoms with Crippen molar-refractivity contribution < 1.29 is 39.5 Å². The molecule has 0 heterocycles. The molecule has 0 aliphatic heterocycles. The van der Waals surface area contributed by atoms with E-state index in [2.05, 4.69) is 20.5 Å². The molecule has 0 radical (unpaired) electrons. The SMILES string of the molecule is CCN(c1ccc(S(=O)(=O)O)cc1)S(=O)(=O)c1ccc(N=Nc2c(S(=O)(=O)O)cc3cc(C)c(N=Nc4ccc(C)cc4)c(N)c3c2O)cc1. The maximum absolute atomic E-state index is 13.4. The summed E-state index contributed by atoms with van der Waals surface area (Å²) in [4.78, 5) is -1.32. The van der Waals surface area contributed by atoms with Gasteiger partial charge in [0.2, 0.25) is 0 Å². The van der Waals surface area contributed by atoms with Crippen molar-refractivity contribution in [1.82, 2.24) is 0 Å². The fourth-order valence-corrected chi connectivity index (χ4v) is 7.63. The zero-order valence-corrected chi connectivity index (χ0v) is 29.1. The molecule has 15 nitrogen and oxygen atoms in total. The summed E-state index contributed by atoms with van der Waals surface area (Å²) in [5.41, 5.74) is 8.24. The number of sulfonamides is 1. The Kier molecular flexibility index (Phi) is 9.77. The van der Waals surface area contributed by atoms with E-state index in [4.69, 9.17) is 5.73 Å². The molecule has 0 saturated heterocycles. The predicted molar refractivity (Wildman–Crippen MR) is 187 cm³/mol. The minimum Gasteiger partial charge on any atom is -0.505 e. The highest BCUT2D eigenvalue weighted by atomic mass is 32.2. The van der Waals surface area contributed by atoms with Crippen molar-refractivity contribution >= 4 is 75.2 Å². The molecule has 0 unspecified atom stereocenters. The predicted octanol–water partition coefficient (Wildman–Crippen LogP) is 7.28. The molecule has 0 spiro atoms. The first kappa shape index (κ1) is 36.0. The van der Waals surface area contributed by atoms with Crippen LogP contribution in [0.2, 0.25) is 0 Å². The highest BCUT2D eigenvalue weighted by molar-refractivity contribution is 7.92. The highest BCUT2D eigenvalue weighted by Gasteiger charge is 2.26. The van der Waals surface area contributed by atoms with E-state index in [-0.39, 0.29) is 45.0 Å². The minimum absolute atomic E-state index is 0.0134. The number of benzene rings is 5. The van der Waals surface area contributed by atoms with Crippen LogP contribution in [0.1, 0.15) is 18.1 Å². The first-order chi connectivity index (χ1) is 23.4. The van der Waals surface area contributed by atoms with Crippen molar-refractivity contribution in [2.24, 2.45) is 20.5 Å². The molecule has 5 aromatic rings. The molecule has 5 N–H and O–H groups in total. The van der Waals surface area contributed by atoms with Crippen molar-refractivity contribution in [1.29, 1.82) is 0 Å². The van der Waals surface area contributed by atoms with Gasteiger partial charge in [0.25, 0.3) is 30.3 Å². The number of nitrogens with zero attached hydrogens (tertiary/aromatic N) is 5. The third-order valence-corrected chi connectivity index (χ3v) is 11.2. The number of anilines is 2. The van der Waals surface area contributed by atoms with E-state index in [9.17, 15) is 39.5 Å². The highest BCUT2D eigenvalue weighted by Crippen LogP contribution is 2.47. The lowest BCUT2D eigenvalue weighted by Gasteiger charge is -2.23. The van der Waals surface area contributed by atoms with Crippen LogP contribution in [0.15, 0.2) is 120 Å². The van der Waals surface area contributed by atoms with Crippen LogP contribution < -0.4 is 10.0 Å². The van der Waals surface area contributed by atoms with Gasteiger partial charge in [0, 0.05) is 6.54 Å². The van der Waals surface area contributed by atoms with Gasteiger partial charge in [-0.05, 0) is 105 Å². The lowest BCUT2D eigenvalue weighted by atomic mass is 10.0. The molecule has 18 heteroatoms. The van der Waals surface area contributed by atoms with Gasteiger partial charge < -0.3 is 10.8 Å². The second kappa shape index (κ2) is 13.6. The normalized spacial score (nSPS) is 12.7. The number of hydrogen-bond acceptors (Lipinski definition) is 12. The van der Waals surface area contributed by atoms with Gasteiger partial charge in [0.1, 0.15) is 16.3 Å². The summed E-state index contributed by atoms with van der Waals surface area (Å²) < 4.78 is 94.6. The van der Waals surface area contributed by atoms with Gasteiger partial charge in [0.05, 0.1) is 37.9 Å². The van der Waals surface area contributed by atoms with Crippen LogP contribution in [0.5, 0.6) is 5.75 Å². The van der Waals surface area contributed by atoms with Crippen LogP contribution in [-0.4, -0.2) is 46.0 Å². The van der Waals surface area contributed by atoms with Crippen LogP contribution in [0, 0.1) is 13.8 Å². The second-order valence-electron chi connectivity index (χ2n) is 11.0. The third kappa shape index (κ3) is 7.33. The summed E-state index contributed by atoms with van der Waals surface area (Å²) in [6.45, 7) is 5.14. The van der Waals surface area contributed by atoms with Crippen molar-refractivity contribution in [3.8, 4) is 5.75 Å². The number of rotatable bonds is 10. The Balaban J connectivity index is 1.51. The molecule has 0 aromatic heterocycles. The first-order valence-corrected chi connectivity index (χ1v) is 18.9. The molecule has 5 rings (SSSR count). The molecule has 0 aliphatic rings. The van der Waals surface area contributed by atoms with Crippen LogP contribution in [0.25, 0.3) is 10.8 Å². The molecule has 0 fully saturated rings. The molecule has 0 aliphatic carbocycles. The summed E-state index contributed by atoms with van der Waals surface area (Å²) in [5.74, 6) is -0.707. The molecule has 0 saturated carbocycles. The Bertz CT molecular complexity index is 2500. The number of aromatic hydroxyl groups is 1. The van der Waals surface area contributed by atoms with E-state index in [0.29, 0.717) is 11.3 Å². The number of phenols is 1. The molecule has 0 bridgehead atoms. The molecule has 0 amide bonds. The average molecular weight is 739 g/mol. The molecule has 0 atom stereocenters. The standard InChI is InChI=1S/C32H30N6O9S3/c1-4-38(24-11-15-26(16-12-24)49(42,43)44)48(40,41)25-13-9-23(10-14-25)35-37-31-27(50(45,46)47)18-21-17-20(3)30(29(33)28(21)32(31)39)36-34-22-7-5-19(2)6-8-22/h5-18,39H,4,33H2,1-3H3,(H,42,43,44)(H,45,46,47). The Hall–Kier alpha value is -5.27. The van der Waals surface area contributed by atoms with E-state index in [1.807, 2.05) is 19.1 Å². The molecule has 50 heavy (non-hydrogen) atoms. The summed E-state index contributed by atoms with van der Waals surface area (Å²) in [6, 6.07) is 19.4. The van der Waals surface area contributed by atoms with E-state index in [1.54, 1.807) is 26.0 Å². The first-order valence-electron chi connectivity index (χ1n) is 14.6. The van der Waals surface area contributed by atoms with E-state index < -0.39 is 51.5 Å². The van der Waals surface area contributed by atoms with Crippen molar-refractivity contribution in [2.45, 2.75) is 35.5 Å². The summed E-state index contributed by atoms with van der Waals surface area (Å²) in [7, 11) is -13.6. The van der Waals surface area contributed by atoms with Crippen LogP contribution >= 0.6 is 0 Å². The maximum atomic E-state index is 13.4. The van der Waals surface area contributed by atoms with Gasteiger partial charge in [-0.2, -0.15) is 27.1 Å². The van der Waals surface area contributed by atoms with E-state index >= 15 is 0 Å².